The zero-order valence-corrected chi connectivity index (χ0v) is 21.1. The molecule has 3 nitrogen and oxygen atoms in total. The summed E-state index contributed by atoms with van der Waals surface area (Å²) in [7, 11) is -3.65. The first-order valence-electron chi connectivity index (χ1n) is 11.9. The third-order valence-corrected chi connectivity index (χ3v) is 5.99. The molecule has 1 rings (SSSR count). The molecule has 0 radical (unpaired) electrons. The Morgan fingerprint density at radius 3 is 1.55 bits per heavy atom. The van der Waals surface area contributed by atoms with E-state index in [-0.39, 0.29) is 11.5 Å². The zero-order valence-electron chi connectivity index (χ0n) is 20.2. The van der Waals surface area contributed by atoms with Crippen molar-refractivity contribution in [1.29, 1.82) is 0 Å². The second-order valence-electron chi connectivity index (χ2n) is 7.65. The van der Waals surface area contributed by atoms with Gasteiger partial charge in [0.2, 0.25) is 0 Å². The maximum Gasteiger partial charge on any atom is 0.296 e. The van der Waals surface area contributed by atoms with Gasteiger partial charge in [-0.25, -0.2) is 0 Å². The van der Waals surface area contributed by atoms with Gasteiger partial charge in [0.1, 0.15) is 0 Å². The van der Waals surface area contributed by atoms with E-state index < -0.39 is 10.1 Å². The van der Waals surface area contributed by atoms with Gasteiger partial charge in [0.25, 0.3) is 10.1 Å². The first-order chi connectivity index (χ1) is 16.1. The van der Waals surface area contributed by atoms with Gasteiger partial charge < -0.3 is 0 Å². The Morgan fingerprint density at radius 2 is 1.09 bits per heavy atom. The Hall–Kier alpha value is -2.43. The summed E-state index contributed by atoms with van der Waals surface area (Å²) < 4.78 is 29.3. The number of hydrogen-bond donors (Lipinski definition) is 0. The van der Waals surface area contributed by atoms with E-state index in [1.54, 1.807) is 24.3 Å². The van der Waals surface area contributed by atoms with E-state index in [1.807, 2.05) is 6.92 Å². The Bertz CT molecular complexity index is 899. The molecule has 0 aliphatic rings. The van der Waals surface area contributed by atoms with Crippen LogP contribution in [-0.4, -0.2) is 15.0 Å². The van der Waals surface area contributed by atoms with Gasteiger partial charge >= 0.3 is 0 Å². The standard InChI is InChI=1S/C29H40O3S/c1-3-4-5-6-7-8-9-10-11-12-13-14-15-16-17-18-19-20-21-22-27-32-33(30,31)29-25-23-28(2)24-26-29/h4-5,7-8,10-11,13-14,16-17,19-20,23-26H,3,6,9,12,15,18,21-22,27H2,1-2H3/b5-4-,8-7-,11-10-,14-13-,17-16-,20-19-. The van der Waals surface area contributed by atoms with Gasteiger partial charge in [-0.05, 0) is 70.4 Å². The summed E-state index contributed by atoms with van der Waals surface area (Å²) in [6.45, 7) is 4.27. The van der Waals surface area contributed by atoms with Crippen molar-refractivity contribution in [3.63, 3.8) is 0 Å². The molecule has 180 valence electrons. The number of benzene rings is 1. The minimum absolute atomic E-state index is 0.197. The molecule has 0 spiro atoms. The lowest BCUT2D eigenvalue weighted by Crippen LogP contribution is -2.07. The molecule has 0 amide bonds. The third-order valence-electron chi connectivity index (χ3n) is 4.66. The molecule has 0 heterocycles. The zero-order chi connectivity index (χ0) is 24.0. The SMILES string of the molecule is CC/C=C\C/C=C\C/C=C\C/C=C\C/C=C\C/C=C\CCCOS(=O)(=O)c1ccc(C)cc1. The van der Waals surface area contributed by atoms with E-state index in [0.29, 0.717) is 6.42 Å². The monoisotopic (exact) mass is 468 g/mol. The first-order valence-corrected chi connectivity index (χ1v) is 13.3. The Balaban J connectivity index is 2.03. The topological polar surface area (TPSA) is 43.4 Å². The minimum Gasteiger partial charge on any atom is -0.266 e. The third kappa shape index (κ3) is 15.9. The van der Waals surface area contributed by atoms with Crippen LogP contribution in [-0.2, 0) is 14.3 Å². The van der Waals surface area contributed by atoms with Gasteiger partial charge in [0.05, 0.1) is 11.5 Å². The van der Waals surface area contributed by atoms with Gasteiger partial charge in [0.15, 0.2) is 0 Å². The summed E-state index contributed by atoms with van der Waals surface area (Å²) in [4.78, 5) is 0.210. The molecule has 0 atom stereocenters. The maximum atomic E-state index is 12.1. The van der Waals surface area contributed by atoms with E-state index in [1.165, 1.54) is 0 Å². The highest BCUT2D eigenvalue weighted by Crippen LogP contribution is 2.13. The molecule has 0 aliphatic carbocycles. The van der Waals surface area contributed by atoms with Crippen molar-refractivity contribution in [3.8, 4) is 0 Å². The lowest BCUT2D eigenvalue weighted by Gasteiger charge is -2.05. The van der Waals surface area contributed by atoms with Crippen LogP contribution >= 0.6 is 0 Å². The van der Waals surface area contributed by atoms with Crippen LogP contribution in [0.25, 0.3) is 0 Å². The van der Waals surface area contributed by atoms with Crippen LogP contribution in [0.2, 0.25) is 0 Å². The van der Waals surface area contributed by atoms with Crippen molar-refractivity contribution in [2.24, 2.45) is 0 Å². The van der Waals surface area contributed by atoms with E-state index in [2.05, 4.69) is 79.8 Å². The average Bonchev–Trinajstić information content (AvgIpc) is 2.80. The van der Waals surface area contributed by atoms with Crippen LogP contribution in [0.4, 0.5) is 0 Å². The maximum absolute atomic E-state index is 12.1. The number of aryl methyl sites for hydroxylation is 1. The van der Waals surface area contributed by atoms with E-state index >= 15 is 0 Å². The van der Waals surface area contributed by atoms with Crippen molar-refractivity contribution in [2.45, 2.75) is 70.1 Å². The molecule has 0 aliphatic heterocycles. The molecular formula is C29H40O3S. The number of allylic oxidation sites excluding steroid dienone is 12. The fraction of sp³-hybridized carbons (Fsp3) is 0.379. The molecule has 0 N–H and O–H groups in total. The second kappa shape index (κ2) is 19.1. The van der Waals surface area contributed by atoms with E-state index in [0.717, 1.165) is 50.5 Å². The van der Waals surface area contributed by atoms with Gasteiger partial charge in [-0.3, -0.25) is 4.18 Å². The highest BCUT2D eigenvalue weighted by Gasteiger charge is 2.13. The largest absolute Gasteiger partial charge is 0.296 e. The summed E-state index contributed by atoms with van der Waals surface area (Å²) in [5, 5.41) is 0. The molecule has 0 fully saturated rings. The summed E-state index contributed by atoms with van der Waals surface area (Å²) in [6.07, 6.45) is 33.4. The lowest BCUT2D eigenvalue weighted by molar-refractivity contribution is 0.313. The van der Waals surface area contributed by atoms with Crippen LogP contribution in [0.5, 0.6) is 0 Å². The van der Waals surface area contributed by atoms with E-state index in [9.17, 15) is 8.42 Å². The van der Waals surface area contributed by atoms with E-state index in [4.69, 9.17) is 4.18 Å². The molecule has 1 aromatic carbocycles. The predicted octanol–water partition coefficient (Wildman–Crippen LogP) is 8.18. The molecule has 0 bridgehead atoms. The van der Waals surface area contributed by atoms with Crippen molar-refractivity contribution >= 4 is 10.1 Å². The highest BCUT2D eigenvalue weighted by molar-refractivity contribution is 7.86. The molecule has 0 aromatic heterocycles. The Morgan fingerprint density at radius 1 is 0.667 bits per heavy atom. The fourth-order valence-corrected chi connectivity index (χ4v) is 3.73. The molecule has 0 unspecified atom stereocenters. The Labute approximate surface area is 202 Å². The van der Waals surface area contributed by atoms with Crippen molar-refractivity contribution in [1.82, 2.24) is 0 Å². The first kappa shape index (κ1) is 28.6. The number of hydrogen-bond acceptors (Lipinski definition) is 3. The van der Waals surface area contributed by atoms with Gasteiger partial charge in [0, 0.05) is 0 Å². The lowest BCUT2D eigenvalue weighted by atomic mass is 10.2. The molecular weight excluding hydrogens is 428 g/mol. The molecule has 1 aromatic rings. The van der Waals surface area contributed by atoms with Crippen LogP contribution < -0.4 is 0 Å². The van der Waals surface area contributed by atoms with Crippen molar-refractivity contribution < 1.29 is 12.6 Å². The highest BCUT2D eigenvalue weighted by atomic mass is 32.2. The summed E-state index contributed by atoms with van der Waals surface area (Å²) in [5.41, 5.74) is 1.02. The van der Waals surface area contributed by atoms with Crippen molar-refractivity contribution in [2.75, 3.05) is 6.61 Å². The summed E-state index contributed by atoms with van der Waals surface area (Å²) in [5.74, 6) is 0. The van der Waals surface area contributed by atoms with Crippen LogP contribution in [0.3, 0.4) is 0 Å². The Kier molecular flexibility index (Phi) is 16.5. The fourth-order valence-electron chi connectivity index (χ4n) is 2.78. The molecule has 0 saturated heterocycles. The van der Waals surface area contributed by atoms with Crippen molar-refractivity contribution in [3.05, 3.63) is 103 Å². The second-order valence-corrected chi connectivity index (χ2v) is 9.26. The van der Waals surface area contributed by atoms with Gasteiger partial charge in [-0.15, -0.1) is 0 Å². The van der Waals surface area contributed by atoms with Gasteiger partial charge in [-0.1, -0.05) is 97.5 Å². The molecule has 4 heteroatoms. The van der Waals surface area contributed by atoms with Crippen LogP contribution in [0.15, 0.2) is 102 Å². The van der Waals surface area contributed by atoms with Crippen LogP contribution in [0, 0.1) is 6.92 Å². The smallest absolute Gasteiger partial charge is 0.266 e. The minimum atomic E-state index is -3.65. The van der Waals surface area contributed by atoms with Crippen LogP contribution in [0.1, 0.15) is 63.9 Å². The number of unbranched alkanes of at least 4 members (excludes halogenated alkanes) is 1. The quantitative estimate of drug-likeness (QED) is 0.131. The normalized spacial score (nSPS) is 13.3. The average molecular weight is 469 g/mol. The molecule has 0 saturated carbocycles. The van der Waals surface area contributed by atoms with Gasteiger partial charge in [-0.2, -0.15) is 8.42 Å². The number of rotatable bonds is 17. The molecule has 33 heavy (non-hydrogen) atoms. The summed E-state index contributed by atoms with van der Waals surface area (Å²) in [6, 6.07) is 6.70. The predicted molar refractivity (Wildman–Crippen MR) is 142 cm³/mol. The summed E-state index contributed by atoms with van der Waals surface area (Å²) >= 11 is 0.